The molecule has 1 aromatic carbocycles. The van der Waals surface area contributed by atoms with Crippen molar-refractivity contribution in [1.29, 1.82) is 0 Å². The Morgan fingerprint density at radius 1 is 1.28 bits per heavy atom. The molecule has 0 fully saturated rings. The minimum Gasteiger partial charge on any atom is -0.388 e. The maximum absolute atomic E-state index is 12.8. The van der Waals surface area contributed by atoms with Crippen LogP contribution in [-0.4, -0.2) is 67.6 Å². The Morgan fingerprint density at radius 3 is 2.48 bits per heavy atom. The third kappa shape index (κ3) is 6.28. The van der Waals surface area contributed by atoms with Crippen LogP contribution in [0.4, 0.5) is 0 Å². The summed E-state index contributed by atoms with van der Waals surface area (Å²) in [5, 5.41) is 11.6. The van der Waals surface area contributed by atoms with Gasteiger partial charge < -0.3 is 20.1 Å². The van der Waals surface area contributed by atoms with Crippen LogP contribution in [0.1, 0.15) is 35.7 Å². The van der Waals surface area contributed by atoms with Gasteiger partial charge >= 0.3 is 0 Å². The SMILES string of the molecule is CNC(=O)[C@@](C)(C(=O)CO)N(C)C(=O)c1ccc(C#C/C=C/CCCOC)cc1. The number of Topliss-reactive ketones (excluding diaryl/α,β-unsaturated/α-hetero) is 1. The fraction of sp³-hybridized carbons (Fsp3) is 0.409. The highest BCUT2D eigenvalue weighted by Crippen LogP contribution is 2.19. The van der Waals surface area contributed by atoms with Crippen LogP contribution in [-0.2, 0) is 14.3 Å². The molecule has 0 aliphatic rings. The first-order chi connectivity index (χ1) is 13.8. The summed E-state index contributed by atoms with van der Waals surface area (Å²) < 4.78 is 4.97. The lowest BCUT2D eigenvalue weighted by molar-refractivity contribution is -0.143. The Labute approximate surface area is 171 Å². The predicted octanol–water partition coefficient (Wildman–Crippen LogP) is 1.16. The molecule has 0 unspecified atom stereocenters. The van der Waals surface area contributed by atoms with Crippen molar-refractivity contribution in [1.82, 2.24) is 10.2 Å². The molecule has 0 saturated heterocycles. The first kappa shape index (κ1) is 24.1. The molecule has 29 heavy (non-hydrogen) atoms. The van der Waals surface area contributed by atoms with E-state index in [9.17, 15) is 19.5 Å². The van der Waals surface area contributed by atoms with E-state index in [4.69, 9.17) is 4.74 Å². The molecule has 0 radical (unpaired) electrons. The highest BCUT2D eigenvalue weighted by Gasteiger charge is 2.46. The lowest BCUT2D eigenvalue weighted by Gasteiger charge is -2.35. The Balaban J connectivity index is 2.90. The summed E-state index contributed by atoms with van der Waals surface area (Å²) in [4.78, 5) is 38.2. The standard InChI is InChI=1S/C22H28N2O5/c1-22(19(26)16-25,21(28)23-2)24(3)20(27)18-13-11-17(12-14-18)10-8-6-5-7-9-15-29-4/h5-6,11-14,25H,7,9,15-16H2,1-4H3,(H,23,28)/b6-5+/t22-/m1/s1. The number of ether oxygens (including phenoxy) is 1. The molecule has 1 aromatic rings. The van der Waals surface area contributed by atoms with Gasteiger partial charge in [-0.25, -0.2) is 0 Å². The van der Waals surface area contributed by atoms with Gasteiger partial charge in [0.05, 0.1) is 0 Å². The van der Waals surface area contributed by atoms with Crippen LogP contribution >= 0.6 is 0 Å². The van der Waals surface area contributed by atoms with Crippen LogP contribution in [0.25, 0.3) is 0 Å². The number of rotatable bonds is 9. The normalized spacial score (nSPS) is 12.6. The van der Waals surface area contributed by atoms with Gasteiger partial charge in [-0.2, -0.15) is 0 Å². The van der Waals surface area contributed by atoms with Gasteiger partial charge in [0.1, 0.15) is 6.61 Å². The van der Waals surface area contributed by atoms with Crippen molar-refractivity contribution in [3.8, 4) is 11.8 Å². The summed E-state index contributed by atoms with van der Waals surface area (Å²) in [6, 6.07) is 6.55. The number of methoxy groups -OCH3 is 1. The van der Waals surface area contributed by atoms with Gasteiger partial charge in [-0.05, 0) is 50.1 Å². The zero-order chi connectivity index (χ0) is 21.9. The molecule has 7 nitrogen and oxygen atoms in total. The number of ketones is 1. The van der Waals surface area contributed by atoms with E-state index >= 15 is 0 Å². The third-order valence-electron chi connectivity index (χ3n) is 4.60. The monoisotopic (exact) mass is 400 g/mol. The van der Waals surface area contributed by atoms with Gasteiger partial charge in [0, 0.05) is 38.9 Å². The maximum atomic E-state index is 12.8. The van der Waals surface area contributed by atoms with E-state index in [-0.39, 0.29) is 0 Å². The van der Waals surface area contributed by atoms with E-state index in [1.165, 1.54) is 21.0 Å². The maximum Gasteiger partial charge on any atom is 0.254 e. The fourth-order valence-electron chi connectivity index (χ4n) is 2.57. The smallest absolute Gasteiger partial charge is 0.254 e. The number of likely N-dealkylation sites (N-methyl/N-ethyl adjacent to an activating group) is 2. The average molecular weight is 400 g/mol. The van der Waals surface area contributed by atoms with E-state index in [0.29, 0.717) is 12.2 Å². The first-order valence-electron chi connectivity index (χ1n) is 9.23. The Hall–Kier alpha value is -2.95. The van der Waals surface area contributed by atoms with Crippen LogP contribution in [0.15, 0.2) is 36.4 Å². The molecule has 0 heterocycles. The van der Waals surface area contributed by atoms with Crippen molar-refractivity contribution in [2.45, 2.75) is 25.3 Å². The molecule has 7 heteroatoms. The number of carbonyl (C=O) groups excluding carboxylic acids is 3. The van der Waals surface area contributed by atoms with Crippen LogP contribution in [0.3, 0.4) is 0 Å². The van der Waals surface area contributed by atoms with Crippen molar-refractivity contribution in [3.63, 3.8) is 0 Å². The van der Waals surface area contributed by atoms with E-state index in [1.807, 2.05) is 6.08 Å². The quantitative estimate of drug-likeness (QED) is 0.368. The second-order valence-electron chi connectivity index (χ2n) is 6.48. The van der Waals surface area contributed by atoms with Crippen molar-refractivity contribution in [2.24, 2.45) is 0 Å². The number of unbranched alkanes of at least 4 members (excludes halogenated alkanes) is 1. The molecule has 156 valence electrons. The molecule has 1 rings (SSSR count). The Kier molecular flexibility index (Phi) is 9.80. The lowest BCUT2D eigenvalue weighted by Crippen LogP contribution is -2.62. The summed E-state index contributed by atoms with van der Waals surface area (Å²) in [6.07, 6.45) is 5.57. The number of aliphatic hydroxyl groups is 1. The van der Waals surface area contributed by atoms with Crippen molar-refractivity contribution in [2.75, 3.05) is 34.4 Å². The molecular formula is C22H28N2O5. The number of benzene rings is 1. The Bertz CT molecular complexity index is 787. The second-order valence-corrected chi connectivity index (χ2v) is 6.48. The molecule has 0 aromatic heterocycles. The van der Waals surface area contributed by atoms with Gasteiger partial charge in [0.25, 0.3) is 11.8 Å². The summed E-state index contributed by atoms with van der Waals surface area (Å²) in [7, 11) is 4.38. The van der Waals surface area contributed by atoms with Crippen molar-refractivity contribution < 1.29 is 24.2 Å². The molecule has 0 saturated carbocycles. The lowest BCUT2D eigenvalue weighted by atomic mass is 9.92. The van der Waals surface area contributed by atoms with E-state index in [2.05, 4.69) is 17.2 Å². The minimum atomic E-state index is -1.81. The summed E-state index contributed by atoms with van der Waals surface area (Å²) in [5.74, 6) is 3.94. The molecule has 0 aliphatic carbocycles. The molecular weight excluding hydrogens is 372 g/mol. The van der Waals surface area contributed by atoms with Gasteiger partial charge in [-0.15, -0.1) is 0 Å². The Morgan fingerprint density at radius 2 is 1.93 bits per heavy atom. The van der Waals surface area contributed by atoms with E-state index in [0.717, 1.165) is 23.3 Å². The number of aliphatic hydroxyl groups excluding tert-OH is 1. The van der Waals surface area contributed by atoms with Crippen molar-refractivity contribution >= 4 is 17.6 Å². The minimum absolute atomic E-state index is 0.300. The fourth-order valence-corrected chi connectivity index (χ4v) is 2.57. The van der Waals surface area contributed by atoms with Gasteiger partial charge in [0.2, 0.25) is 0 Å². The molecule has 1 atom stereocenters. The third-order valence-corrected chi connectivity index (χ3v) is 4.60. The van der Waals surface area contributed by atoms with Crippen molar-refractivity contribution in [3.05, 3.63) is 47.5 Å². The molecule has 0 bridgehead atoms. The topological polar surface area (TPSA) is 95.9 Å². The van der Waals surface area contributed by atoms with E-state index < -0.39 is 29.7 Å². The number of carbonyl (C=O) groups is 3. The van der Waals surface area contributed by atoms with Gasteiger partial charge in [-0.3, -0.25) is 14.4 Å². The van der Waals surface area contributed by atoms with Crippen LogP contribution in [0.2, 0.25) is 0 Å². The zero-order valence-electron chi connectivity index (χ0n) is 17.3. The second kappa shape index (κ2) is 11.8. The largest absolute Gasteiger partial charge is 0.388 e. The van der Waals surface area contributed by atoms with Crippen LogP contribution in [0.5, 0.6) is 0 Å². The number of nitrogens with zero attached hydrogens (tertiary/aromatic N) is 1. The number of hydrogen-bond acceptors (Lipinski definition) is 5. The zero-order valence-corrected chi connectivity index (χ0v) is 17.3. The number of amides is 2. The average Bonchev–Trinajstić information content (AvgIpc) is 2.76. The highest BCUT2D eigenvalue weighted by atomic mass is 16.5. The summed E-state index contributed by atoms with van der Waals surface area (Å²) >= 11 is 0. The van der Waals surface area contributed by atoms with Crippen LogP contribution < -0.4 is 5.32 Å². The van der Waals surface area contributed by atoms with Gasteiger partial charge in [-0.1, -0.05) is 17.9 Å². The molecule has 0 spiro atoms. The number of nitrogens with one attached hydrogen (secondary N) is 1. The highest BCUT2D eigenvalue weighted by molar-refractivity contribution is 6.14. The van der Waals surface area contributed by atoms with Crippen LogP contribution in [0, 0.1) is 11.8 Å². The summed E-state index contributed by atoms with van der Waals surface area (Å²) in [6.45, 7) is 1.17. The predicted molar refractivity (Wildman–Crippen MR) is 110 cm³/mol. The first-order valence-corrected chi connectivity index (χ1v) is 9.23. The molecule has 2 amide bonds. The molecule has 2 N–H and O–H groups in total. The van der Waals surface area contributed by atoms with E-state index in [1.54, 1.807) is 37.5 Å². The number of hydrogen-bond donors (Lipinski definition) is 2. The molecule has 0 aliphatic heterocycles. The van der Waals surface area contributed by atoms with Gasteiger partial charge in [0.15, 0.2) is 11.3 Å². The number of allylic oxidation sites excluding steroid dienone is 2. The summed E-state index contributed by atoms with van der Waals surface area (Å²) in [5.41, 5.74) is -0.785.